The first-order valence-electron chi connectivity index (χ1n) is 8.27. The summed E-state index contributed by atoms with van der Waals surface area (Å²) in [5.74, 6) is -0.790. The van der Waals surface area contributed by atoms with Gasteiger partial charge in [-0.15, -0.1) is 0 Å². The Morgan fingerprint density at radius 1 is 1.07 bits per heavy atom. The molecule has 0 aliphatic rings. The van der Waals surface area contributed by atoms with Crippen LogP contribution in [-0.4, -0.2) is 14.3 Å². The highest BCUT2D eigenvalue weighted by Gasteiger charge is 2.23. The monoisotopic (exact) mass is 403 g/mol. The van der Waals surface area contributed by atoms with Crippen molar-refractivity contribution in [1.29, 1.82) is 0 Å². The lowest BCUT2D eigenvalue weighted by molar-refractivity contribution is 0.0911. The molecule has 5 nitrogen and oxygen atoms in total. The highest BCUT2D eigenvalue weighted by atomic mass is 35.5. The number of hydrogen-bond donors (Lipinski definition) is 1. The van der Waals surface area contributed by atoms with E-state index in [0.717, 1.165) is 5.56 Å². The zero-order valence-corrected chi connectivity index (χ0v) is 16.1. The molecule has 1 heterocycles. The molecule has 0 spiro atoms. The molecule has 1 amide bonds. The molecule has 0 aliphatic heterocycles. The Balaban J connectivity index is 1.76. The van der Waals surface area contributed by atoms with Crippen molar-refractivity contribution in [3.8, 4) is 0 Å². The summed E-state index contributed by atoms with van der Waals surface area (Å²) < 4.78 is 30.4. The van der Waals surface area contributed by atoms with Gasteiger partial charge in [0, 0.05) is 10.6 Å². The minimum absolute atomic E-state index is 0.00433. The van der Waals surface area contributed by atoms with Crippen molar-refractivity contribution in [2.24, 2.45) is 0 Å². The molecule has 0 bridgehead atoms. The number of furan rings is 1. The number of rotatable bonds is 6. The maximum Gasteiger partial charge on any atom is 0.287 e. The van der Waals surface area contributed by atoms with E-state index in [0.29, 0.717) is 10.6 Å². The molecule has 0 fully saturated rings. The predicted octanol–water partition coefficient (Wildman–Crippen LogP) is 4.40. The summed E-state index contributed by atoms with van der Waals surface area (Å²) in [6.45, 7) is 1.82. The van der Waals surface area contributed by atoms with E-state index >= 15 is 0 Å². The summed E-state index contributed by atoms with van der Waals surface area (Å²) in [6, 6.07) is 16.4. The molecule has 3 rings (SSSR count). The number of carbonyl (C=O) groups excluding carboxylic acids is 1. The highest BCUT2D eigenvalue weighted by molar-refractivity contribution is 7.90. The smallest absolute Gasteiger partial charge is 0.287 e. The molecular formula is C20H18ClNO4S. The van der Waals surface area contributed by atoms with Crippen molar-refractivity contribution in [1.82, 2.24) is 5.32 Å². The van der Waals surface area contributed by atoms with Gasteiger partial charge in [-0.1, -0.05) is 41.9 Å². The van der Waals surface area contributed by atoms with Crippen LogP contribution in [0.3, 0.4) is 0 Å². The van der Waals surface area contributed by atoms with Crippen LogP contribution >= 0.6 is 11.6 Å². The van der Waals surface area contributed by atoms with Gasteiger partial charge in [0.25, 0.3) is 5.91 Å². The zero-order chi connectivity index (χ0) is 19.4. The van der Waals surface area contributed by atoms with Crippen molar-refractivity contribution in [2.75, 3.05) is 0 Å². The van der Waals surface area contributed by atoms with Crippen molar-refractivity contribution < 1.29 is 17.6 Å². The third-order valence-corrected chi connectivity index (χ3v) is 6.05. The van der Waals surface area contributed by atoms with Crippen LogP contribution in [0.25, 0.3) is 0 Å². The van der Waals surface area contributed by atoms with Crippen molar-refractivity contribution >= 4 is 27.3 Å². The average molecular weight is 404 g/mol. The lowest BCUT2D eigenvalue weighted by Crippen LogP contribution is -2.27. The largest absolute Gasteiger partial charge is 0.459 e. The van der Waals surface area contributed by atoms with Gasteiger partial charge in [-0.2, -0.15) is 0 Å². The second-order valence-corrected chi connectivity index (χ2v) is 8.52. The summed E-state index contributed by atoms with van der Waals surface area (Å²) in [4.78, 5) is 12.8. The van der Waals surface area contributed by atoms with Crippen LogP contribution in [0.2, 0.25) is 5.02 Å². The summed E-state index contributed by atoms with van der Waals surface area (Å²) in [5.41, 5.74) is 1.19. The first kappa shape index (κ1) is 19.2. The molecule has 1 N–H and O–H groups in total. The molecule has 27 heavy (non-hydrogen) atoms. The molecule has 0 saturated carbocycles. The maximum atomic E-state index is 12.6. The van der Waals surface area contributed by atoms with E-state index in [1.54, 1.807) is 30.3 Å². The fourth-order valence-corrected chi connectivity index (χ4v) is 4.16. The van der Waals surface area contributed by atoms with Crippen LogP contribution in [0.5, 0.6) is 0 Å². The Morgan fingerprint density at radius 2 is 1.74 bits per heavy atom. The lowest BCUT2D eigenvalue weighted by Gasteiger charge is -2.14. The molecule has 7 heteroatoms. The Bertz CT molecular complexity index is 1030. The number of benzene rings is 2. The van der Waals surface area contributed by atoms with Gasteiger partial charge < -0.3 is 9.73 Å². The van der Waals surface area contributed by atoms with Crippen LogP contribution in [0.4, 0.5) is 0 Å². The quantitative estimate of drug-likeness (QED) is 0.661. The second kappa shape index (κ2) is 7.98. The van der Waals surface area contributed by atoms with E-state index in [4.69, 9.17) is 16.0 Å². The minimum Gasteiger partial charge on any atom is -0.459 e. The Morgan fingerprint density at radius 3 is 2.41 bits per heavy atom. The number of nitrogens with one attached hydrogen (secondary N) is 1. The SMILES string of the molecule is CC(NC(=O)c1occc1CS(=O)(=O)c1ccccc1)c1ccc(Cl)cc1. The van der Waals surface area contributed by atoms with Crippen molar-refractivity contribution in [2.45, 2.75) is 23.6 Å². The summed E-state index contributed by atoms with van der Waals surface area (Å²) in [7, 11) is -3.58. The first-order chi connectivity index (χ1) is 12.9. The number of carbonyl (C=O) groups is 1. The van der Waals surface area contributed by atoms with Gasteiger partial charge in [-0.3, -0.25) is 4.79 Å². The van der Waals surface area contributed by atoms with E-state index in [-0.39, 0.29) is 22.5 Å². The number of halogens is 1. The highest BCUT2D eigenvalue weighted by Crippen LogP contribution is 2.21. The van der Waals surface area contributed by atoms with Gasteiger partial charge in [-0.05, 0) is 42.8 Å². The van der Waals surface area contributed by atoms with Crippen LogP contribution in [0.15, 0.2) is 76.2 Å². The molecule has 1 unspecified atom stereocenters. The summed E-state index contributed by atoms with van der Waals surface area (Å²) >= 11 is 5.88. The molecule has 2 aromatic carbocycles. The molecule has 3 aromatic rings. The van der Waals surface area contributed by atoms with Crippen LogP contribution in [0, 0.1) is 0 Å². The third-order valence-electron chi connectivity index (χ3n) is 4.12. The summed E-state index contributed by atoms with van der Waals surface area (Å²) in [6.07, 6.45) is 1.32. The molecule has 1 aromatic heterocycles. The van der Waals surface area contributed by atoms with E-state index in [2.05, 4.69) is 5.32 Å². The zero-order valence-electron chi connectivity index (χ0n) is 14.6. The number of amides is 1. The second-order valence-electron chi connectivity index (χ2n) is 6.09. The number of hydrogen-bond acceptors (Lipinski definition) is 4. The normalized spacial score (nSPS) is 12.5. The lowest BCUT2D eigenvalue weighted by atomic mass is 10.1. The fraction of sp³-hybridized carbons (Fsp3) is 0.150. The van der Waals surface area contributed by atoms with Crippen molar-refractivity contribution in [3.63, 3.8) is 0 Å². The van der Waals surface area contributed by atoms with Gasteiger partial charge in [0.2, 0.25) is 0 Å². The maximum absolute atomic E-state index is 12.6. The number of sulfone groups is 1. The van der Waals surface area contributed by atoms with E-state index < -0.39 is 15.7 Å². The molecular weight excluding hydrogens is 386 g/mol. The van der Waals surface area contributed by atoms with E-state index in [1.807, 2.05) is 19.1 Å². The Hall–Kier alpha value is -2.57. The molecule has 0 radical (unpaired) electrons. The Kier molecular flexibility index (Phi) is 5.68. The standard InChI is InChI=1S/C20H18ClNO4S/c1-14(15-7-9-17(21)10-8-15)22-20(23)19-16(11-12-26-19)13-27(24,25)18-5-3-2-4-6-18/h2-12,14H,13H2,1H3,(H,22,23). The summed E-state index contributed by atoms with van der Waals surface area (Å²) in [5, 5.41) is 3.42. The van der Waals surface area contributed by atoms with Gasteiger partial charge in [0.05, 0.1) is 23.0 Å². The Labute approximate surface area is 162 Å². The van der Waals surface area contributed by atoms with Gasteiger partial charge in [0.15, 0.2) is 15.6 Å². The average Bonchev–Trinajstić information content (AvgIpc) is 3.10. The molecule has 0 saturated heterocycles. The van der Waals surface area contributed by atoms with E-state index in [1.165, 1.54) is 24.5 Å². The van der Waals surface area contributed by atoms with Crippen LogP contribution in [-0.2, 0) is 15.6 Å². The van der Waals surface area contributed by atoms with Gasteiger partial charge in [0.1, 0.15) is 0 Å². The van der Waals surface area contributed by atoms with Gasteiger partial charge >= 0.3 is 0 Å². The molecule has 0 aliphatic carbocycles. The fourth-order valence-electron chi connectivity index (χ4n) is 2.66. The minimum atomic E-state index is -3.58. The molecule has 1 atom stereocenters. The molecule has 140 valence electrons. The first-order valence-corrected chi connectivity index (χ1v) is 10.3. The topological polar surface area (TPSA) is 76.4 Å². The van der Waals surface area contributed by atoms with Crippen LogP contribution in [0.1, 0.15) is 34.6 Å². The van der Waals surface area contributed by atoms with Gasteiger partial charge in [-0.25, -0.2) is 8.42 Å². The van der Waals surface area contributed by atoms with Crippen molar-refractivity contribution in [3.05, 3.63) is 88.8 Å². The van der Waals surface area contributed by atoms with Crippen LogP contribution < -0.4 is 5.32 Å². The third kappa shape index (κ3) is 4.59. The van der Waals surface area contributed by atoms with E-state index in [9.17, 15) is 13.2 Å². The predicted molar refractivity (Wildman–Crippen MR) is 103 cm³/mol.